The molecule has 170 valence electrons. The highest BCUT2D eigenvalue weighted by Crippen LogP contribution is 2.40. The van der Waals surface area contributed by atoms with Gasteiger partial charge in [-0.05, 0) is 56.5 Å². The summed E-state index contributed by atoms with van der Waals surface area (Å²) in [5, 5.41) is 1.68. The van der Waals surface area contributed by atoms with Crippen molar-refractivity contribution < 1.29 is 17.9 Å². The number of H-pyrrole nitrogens is 1. The quantitative estimate of drug-likeness (QED) is 0.378. The van der Waals surface area contributed by atoms with E-state index in [0.29, 0.717) is 17.7 Å². The zero-order valence-electron chi connectivity index (χ0n) is 18.2. The number of para-hydroxylation sites is 1. The van der Waals surface area contributed by atoms with Crippen LogP contribution in [0.2, 0.25) is 0 Å². The fourth-order valence-electron chi connectivity index (χ4n) is 3.79. The Bertz CT molecular complexity index is 1280. The Morgan fingerprint density at radius 2 is 1.91 bits per heavy atom. The van der Waals surface area contributed by atoms with Gasteiger partial charge >= 0.3 is 0 Å². The Hall–Kier alpha value is -1.98. The number of nitrogens with one attached hydrogen (secondary N) is 1. The van der Waals surface area contributed by atoms with Crippen molar-refractivity contribution in [1.29, 1.82) is 0 Å². The summed E-state index contributed by atoms with van der Waals surface area (Å²) < 4.78 is 38.0. The number of rotatable bonds is 7. The number of anilines is 1. The molecule has 1 aliphatic rings. The van der Waals surface area contributed by atoms with Crippen molar-refractivity contribution in [2.24, 2.45) is 4.99 Å². The zero-order valence-corrected chi connectivity index (χ0v) is 20.7. The summed E-state index contributed by atoms with van der Waals surface area (Å²) in [5.41, 5.74) is 2.78. The van der Waals surface area contributed by atoms with Crippen LogP contribution in [-0.4, -0.2) is 50.2 Å². The molecular formula is C22H25N3O4S3. The van der Waals surface area contributed by atoms with Gasteiger partial charge in [0, 0.05) is 19.6 Å². The van der Waals surface area contributed by atoms with E-state index in [0.717, 1.165) is 25.4 Å². The summed E-state index contributed by atoms with van der Waals surface area (Å²) in [6.07, 6.45) is -0.402. The monoisotopic (exact) mass is 491 g/mol. The number of thiol groups is 1. The van der Waals surface area contributed by atoms with Crippen molar-refractivity contribution >= 4 is 56.2 Å². The molecule has 32 heavy (non-hydrogen) atoms. The molecule has 1 aromatic heterocycles. The third-order valence-corrected chi connectivity index (χ3v) is 9.07. The lowest BCUT2D eigenvalue weighted by molar-refractivity contribution is -0.119. The maximum absolute atomic E-state index is 13.2. The van der Waals surface area contributed by atoms with Crippen LogP contribution in [0.3, 0.4) is 0 Å². The highest BCUT2D eigenvalue weighted by Gasteiger charge is 2.41. The molecule has 0 radical (unpaired) electrons. The van der Waals surface area contributed by atoms with E-state index in [4.69, 9.17) is 9.47 Å². The number of aromatic amines is 1. The molecule has 1 unspecified atom stereocenters. The minimum Gasteiger partial charge on any atom is -0.354 e. The smallest absolute Gasteiger partial charge is 0.273 e. The third-order valence-electron chi connectivity index (χ3n) is 5.38. The van der Waals surface area contributed by atoms with E-state index in [1.165, 1.54) is 0 Å². The van der Waals surface area contributed by atoms with Gasteiger partial charge < -0.3 is 14.5 Å². The van der Waals surface area contributed by atoms with Gasteiger partial charge in [0.1, 0.15) is 5.04 Å². The Morgan fingerprint density at radius 3 is 2.59 bits per heavy atom. The highest BCUT2D eigenvalue weighted by molar-refractivity contribution is 8.15. The normalized spacial score (nSPS) is 19.0. The lowest BCUT2D eigenvalue weighted by Gasteiger charge is -2.29. The van der Waals surface area contributed by atoms with Gasteiger partial charge in [-0.15, -0.1) is 0 Å². The topological polar surface area (TPSA) is 84.0 Å². The highest BCUT2D eigenvalue weighted by atomic mass is 32.3. The summed E-state index contributed by atoms with van der Waals surface area (Å²) in [6.45, 7) is 4.44. The number of aliphatic imine (C=N–C) groups is 1. The first-order valence-corrected chi connectivity index (χ1v) is 12.6. The van der Waals surface area contributed by atoms with Crippen molar-refractivity contribution in [2.45, 2.75) is 29.8 Å². The van der Waals surface area contributed by atoms with Gasteiger partial charge in [-0.3, -0.25) is 4.99 Å². The summed E-state index contributed by atoms with van der Waals surface area (Å²) in [5.74, 6) is 0. The molecule has 1 atom stereocenters. The van der Waals surface area contributed by atoms with Gasteiger partial charge in [-0.1, -0.05) is 36.0 Å². The molecule has 0 bridgehead atoms. The maximum atomic E-state index is 13.2. The Kier molecular flexibility index (Phi) is 6.34. The van der Waals surface area contributed by atoms with Crippen molar-refractivity contribution in [2.75, 3.05) is 24.5 Å². The minimum absolute atomic E-state index is 0.188. The van der Waals surface area contributed by atoms with Crippen molar-refractivity contribution in [3.63, 3.8) is 0 Å². The maximum Gasteiger partial charge on any atom is 0.273 e. The number of hydrogen-bond donors (Lipinski definition) is 2. The van der Waals surface area contributed by atoms with Gasteiger partial charge in [0.05, 0.1) is 33.1 Å². The van der Waals surface area contributed by atoms with Crippen LogP contribution in [0.1, 0.15) is 18.2 Å². The lowest BCUT2D eigenvalue weighted by Crippen LogP contribution is -2.40. The van der Waals surface area contributed by atoms with Gasteiger partial charge in [-0.25, -0.2) is 12.1 Å². The number of methoxy groups -OCH3 is 2. The summed E-state index contributed by atoms with van der Waals surface area (Å²) in [7, 11) is -0.615. The molecule has 2 heterocycles. The van der Waals surface area contributed by atoms with Gasteiger partial charge in [0.25, 0.3) is 10.0 Å². The Morgan fingerprint density at radius 1 is 1.19 bits per heavy atom. The fraction of sp³-hybridized carbons (Fsp3) is 0.318. The number of benzene rings is 2. The van der Waals surface area contributed by atoms with E-state index in [1.54, 1.807) is 50.2 Å². The third kappa shape index (κ3) is 4.06. The summed E-state index contributed by atoms with van der Waals surface area (Å²) in [4.78, 5) is 8.22. The molecule has 0 amide bonds. The van der Waals surface area contributed by atoms with Crippen LogP contribution in [0.4, 0.5) is 5.69 Å². The SMILES string of the molecule is COC(OC)C1(C)CN=C(c2cc3cccc(N(S)S(=O)(=O)c4cccc(C)c4)c3[nH]2)S1. The molecule has 1 aliphatic heterocycles. The Balaban J connectivity index is 1.69. The average Bonchev–Trinajstić information content (AvgIpc) is 3.38. The number of nitrogens with zero attached hydrogens (tertiary/aromatic N) is 2. The summed E-state index contributed by atoms with van der Waals surface area (Å²) >= 11 is 5.95. The van der Waals surface area contributed by atoms with Crippen LogP contribution in [0.5, 0.6) is 0 Å². The molecule has 3 aromatic rings. The van der Waals surface area contributed by atoms with E-state index >= 15 is 0 Å². The predicted octanol–water partition coefficient (Wildman–Crippen LogP) is 4.39. The fourth-order valence-corrected chi connectivity index (χ4v) is 6.65. The molecule has 0 spiro atoms. The standard InChI is InChI=1S/C22H25N3O4S3/c1-14-7-5-9-16(11-14)32(26,27)25(30)18-10-6-8-15-12-17(24-19(15)18)20-23-13-22(2,31-20)21(28-3)29-4/h5-12,21,24,30H,13H2,1-4H3. The van der Waals surface area contributed by atoms with E-state index in [1.807, 2.05) is 38.1 Å². The van der Waals surface area contributed by atoms with Crippen LogP contribution < -0.4 is 3.71 Å². The second-order valence-corrected chi connectivity index (χ2v) is 11.8. The number of ether oxygens (including phenoxy) is 2. The molecule has 0 saturated heterocycles. The molecular weight excluding hydrogens is 466 g/mol. The average molecular weight is 492 g/mol. The van der Waals surface area contributed by atoms with Gasteiger partial charge in [0.2, 0.25) is 0 Å². The van der Waals surface area contributed by atoms with Crippen molar-refractivity contribution in [1.82, 2.24) is 4.98 Å². The number of sulfonamides is 1. The minimum atomic E-state index is -3.84. The lowest BCUT2D eigenvalue weighted by atomic mass is 10.1. The number of aromatic nitrogens is 1. The first-order valence-electron chi connectivity index (χ1n) is 9.91. The van der Waals surface area contributed by atoms with Crippen LogP contribution in [0.25, 0.3) is 10.9 Å². The van der Waals surface area contributed by atoms with Crippen molar-refractivity contribution in [3.05, 3.63) is 59.8 Å². The molecule has 7 nitrogen and oxygen atoms in total. The molecule has 0 fully saturated rings. The number of thioether (sulfide) groups is 1. The van der Waals surface area contributed by atoms with E-state index < -0.39 is 16.3 Å². The summed E-state index contributed by atoms with van der Waals surface area (Å²) in [6, 6.07) is 14.2. The Labute approximate surface area is 197 Å². The molecule has 0 aliphatic carbocycles. The van der Waals surface area contributed by atoms with Crippen LogP contribution >= 0.6 is 24.6 Å². The number of aryl methyl sites for hydroxylation is 1. The van der Waals surface area contributed by atoms with E-state index in [-0.39, 0.29) is 9.64 Å². The second kappa shape index (κ2) is 8.75. The van der Waals surface area contributed by atoms with Gasteiger partial charge in [0.15, 0.2) is 6.29 Å². The zero-order chi connectivity index (χ0) is 23.1. The first kappa shape index (κ1) is 23.2. The van der Waals surface area contributed by atoms with Crippen LogP contribution in [-0.2, 0) is 19.5 Å². The number of hydrogen-bond acceptors (Lipinski definition) is 7. The molecule has 1 N–H and O–H groups in total. The van der Waals surface area contributed by atoms with E-state index in [9.17, 15) is 8.42 Å². The van der Waals surface area contributed by atoms with Crippen molar-refractivity contribution in [3.8, 4) is 0 Å². The predicted molar refractivity (Wildman–Crippen MR) is 133 cm³/mol. The molecule has 4 rings (SSSR count). The molecule has 0 saturated carbocycles. The largest absolute Gasteiger partial charge is 0.354 e. The van der Waals surface area contributed by atoms with Crippen LogP contribution in [0, 0.1) is 6.92 Å². The second-order valence-electron chi connectivity index (χ2n) is 7.83. The first-order chi connectivity index (χ1) is 15.2. The number of fused-ring (bicyclic) bond motifs is 1. The van der Waals surface area contributed by atoms with Crippen LogP contribution in [0.15, 0.2) is 58.4 Å². The van der Waals surface area contributed by atoms with E-state index in [2.05, 4.69) is 22.8 Å². The molecule has 2 aromatic carbocycles. The molecule has 10 heteroatoms. The van der Waals surface area contributed by atoms with Gasteiger partial charge in [-0.2, -0.15) is 0 Å².